The minimum Gasteiger partial charge on any atom is -0.370 e. The molecule has 5 nitrogen and oxygen atoms in total. The Morgan fingerprint density at radius 3 is 2.78 bits per heavy atom. The molecule has 2 aromatic carbocycles. The molecule has 0 saturated carbocycles. The van der Waals surface area contributed by atoms with Crippen molar-refractivity contribution < 1.29 is 0 Å². The van der Waals surface area contributed by atoms with Gasteiger partial charge in [0.05, 0.1) is 11.6 Å². The topological polar surface area (TPSA) is 78.0 Å². The average molecular weight is 359 g/mol. The van der Waals surface area contributed by atoms with Gasteiger partial charge in [-0.1, -0.05) is 24.3 Å². The lowest BCUT2D eigenvalue weighted by molar-refractivity contribution is 0.758. The predicted octanol–water partition coefficient (Wildman–Crippen LogP) is 4.44. The highest BCUT2D eigenvalue weighted by atomic mass is 15.2. The SMILES string of the molecule is CC(C)N(C(=N)N)c1ccc2nc(NC3CCc4ccccc43)ccc2c1. The molecule has 1 heterocycles. The lowest BCUT2D eigenvalue weighted by Gasteiger charge is -2.27. The fourth-order valence-corrected chi connectivity index (χ4v) is 3.94. The zero-order valence-electron chi connectivity index (χ0n) is 15.7. The monoisotopic (exact) mass is 359 g/mol. The van der Waals surface area contributed by atoms with Crippen molar-refractivity contribution in [3.8, 4) is 0 Å². The molecule has 1 atom stereocenters. The Bertz CT molecular complexity index is 995. The number of hydrogen-bond donors (Lipinski definition) is 3. The van der Waals surface area contributed by atoms with Crippen molar-refractivity contribution >= 4 is 28.4 Å². The van der Waals surface area contributed by atoms with Gasteiger partial charge in [-0.15, -0.1) is 0 Å². The van der Waals surface area contributed by atoms with Crippen molar-refractivity contribution in [2.24, 2.45) is 5.73 Å². The van der Waals surface area contributed by atoms with Crippen LogP contribution in [0.5, 0.6) is 0 Å². The van der Waals surface area contributed by atoms with E-state index >= 15 is 0 Å². The number of guanidine groups is 1. The summed E-state index contributed by atoms with van der Waals surface area (Å²) in [4.78, 5) is 6.59. The lowest BCUT2D eigenvalue weighted by Crippen LogP contribution is -2.41. The zero-order chi connectivity index (χ0) is 19.0. The predicted molar refractivity (Wildman–Crippen MR) is 112 cm³/mol. The summed E-state index contributed by atoms with van der Waals surface area (Å²) in [5, 5.41) is 12.5. The van der Waals surface area contributed by atoms with Crippen LogP contribution in [0.25, 0.3) is 10.9 Å². The normalized spacial score (nSPS) is 15.7. The third-order valence-electron chi connectivity index (χ3n) is 5.18. The van der Waals surface area contributed by atoms with Crippen molar-refractivity contribution in [2.45, 2.75) is 38.8 Å². The summed E-state index contributed by atoms with van der Waals surface area (Å²) in [6.07, 6.45) is 2.21. The molecule has 0 spiro atoms. The van der Waals surface area contributed by atoms with E-state index in [2.05, 4.69) is 35.6 Å². The third-order valence-corrected chi connectivity index (χ3v) is 5.18. The summed E-state index contributed by atoms with van der Waals surface area (Å²) in [6, 6.07) is 19.2. The van der Waals surface area contributed by atoms with Crippen LogP contribution in [0.4, 0.5) is 11.5 Å². The van der Waals surface area contributed by atoms with Gasteiger partial charge in [-0.05, 0) is 68.1 Å². The van der Waals surface area contributed by atoms with Crippen LogP contribution in [0, 0.1) is 5.41 Å². The van der Waals surface area contributed by atoms with Gasteiger partial charge >= 0.3 is 0 Å². The van der Waals surface area contributed by atoms with Crippen LogP contribution in [0.1, 0.15) is 37.4 Å². The maximum atomic E-state index is 7.82. The second kappa shape index (κ2) is 6.91. The van der Waals surface area contributed by atoms with E-state index < -0.39 is 0 Å². The van der Waals surface area contributed by atoms with Gasteiger partial charge in [-0.3, -0.25) is 5.41 Å². The first-order valence-corrected chi connectivity index (χ1v) is 9.41. The third kappa shape index (κ3) is 3.33. The molecule has 5 heteroatoms. The number of aromatic nitrogens is 1. The average Bonchev–Trinajstić information content (AvgIpc) is 3.04. The summed E-state index contributed by atoms with van der Waals surface area (Å²) in [6.45, 7) is 4.05. The van der Waals surface area contributed by atoms with E-state index in [1.165, 1.54) is 11.1 Å². The molecule has 4 rings (SSSR count). The lowest BCUT2D eigenvalue weighted by atomic mass is 10.1. The van der Waals surface area contributed by atoms with Gasteiger partial charge < -0.3 is 16.0 Å². The van der Waals surface area contributed by atoms with Gasteiger partial charge in [0.25, 0.3) is 0 Å². The molecular weight excluding hydrogens is 334 g/mol. The fraction of sp³-hybridized carbons (Fsp3) is 0.273. The molecule has 1 aliphatic carbocycles. The molecule has 1 aliphatic rings. The molecule has 0 amide bonds. The van der Waals surface area contributed by atoms with E-state index in [1.54, 1.807) is 4.90 Å². The number of nitrogens with two attached hydrogens (primary N) is 1. The Balaban J connectivity index is 1.60. The molecule has 1 aromatic heterocycles. The largest absolute Gasteiger partial charge is 0.370 e. The minimum atomic E-state index is 0.0514. The van der Waals surface area contributed by atoms with Crippen LogP contribution in [0.3, 0.4) is 0 Å². The highest BCUT2D eigenvalue weighted by Gasteiger charge is 2.22. The van der Waals surface area contributed by atoms with E-state index in [-0.39, 0.29) is 12.0 Å². The standard InChI is InChI=1S/C22H25N5/c1-14(2)27(22(23)24)17-9-11-19-16(13-17)8-12-21(25-19)26-20-10-7-15-5-3-4-6-18(15)20/h3-6,8-9,11-14,20H,7,10H2,1-2H3,(H3,23,24)(H,25,26). The van der Waals surface area contributed by atoms with Crippen molar-refractivity contribution in [1.29, 1.82) is 5.41 Å². The van der Waals surface area contributed by atoms with Crippen molar-refractivity contribution in [3.05, 3.63) is 65.7 Å². The van der Waals surface area contributed by atoms with E-state index in [1.807, 2.05) is 38.1 Å². The minimum absolute atomic E-state index is 0.0514. The second-order valence-electron chi connectivity index (χ2n) is 7.36. The highest BCUT2D eigenvalue weighted by molar-refractivity contribution is 5.95. The smallest absolute Gasteiger partial charge is 0.193 e. The number of hydrogen-bond acceptors (Lipinski definition) is 3. The van der Waals surface area contributed by atoms with Crippen molar-refractivity contribution in [2.75, 3.05) is 10.2 Å². The van der Waals surface area contributed by atoms with E-state index in [0.29, 0.717) is 6.04 Å². The maximum Gasteiger partial charge on any atom is 0.193 e. The molecule has 3 aromatic rings. The molecule has 0 saturated heterocycles. The second-order valence-corrected chi connectivity index (χ2v) is 7.36. The van der Waals surface area contributed by atoms with Gasteiger partial charge in [0.15, 0.2) is 5.96 Å². The molecule has 0 radical (unpaired) electrons. The van der Waals surface area contributed by atoms with Crippen molar-refractivity contribution in [3.63, 3.8) is 0 Å². The Morgan fingerprint density at radius 1 is 1.19 bits per heavy atom. The summed E-state index contributed by atoms with van der Waals surface area (Å²) >= 11 is 0. The number of nitrogens with zero attached hydrogens (tertiary/aromatic N) is 2. The fourth-order valence-electron chi connectivity index (χ4n) is 3.94. The van der Waals surface area contributed by atoms with Gasteiger partial charge in [0, 0.05) is 17.1 Å². The summed E-state index contributed by atoms with van der Waals surface area (Å²) in [5.74, 6) is 0.944. The Labute approximate surface area is 159 Å². The Hall–Kier alpha value is -3.08. The molecule has 27 heavy (non-hydrogen) atoms. The number of aryl methyl sites for hydroxylation is 1. The van der Waals surface area contributed by atoms with Crippen LogP contribution in [0.2, 0.25) is 0 Å². The van der Waals surface area contributed by atoms with Gasteiger partial charge in [0.1, 0.15) is 5.82 Å². The van der Waals surface area contributed by atoms with Crippen LogP contribution < -0.4 is 16.0 Å². The molecule has 4 N–H and O–H groups in total. The first kappa shape index (κ1) is 17.3. The number of nitrogens with one attached hydrogen (secondary N) is 2. The number of fused-ring (bicyclic) bond motifs is 2. The highest BCUT2D eigenvalue weighted by Crippen LogP contribution is 2.33. The molecule has 1 unspecified atom stereocenters. The van der Waals surface area contributed by atoms with Gasteiger partial charge in [-0.25, -0.2) is 4.98 Å². The number of rotatable bonds is 4. The molecular formula is C22H25N5. The number of pyridine rings is 1. The number of anilines is 2. The van der Waals surface area contributed by atoms with Gasteiger partial charge in [-0.2, -0.15) is 0 Å². The summed E-state index contributed by atoms with van der Waals surface area (Å²) in [7, 11) is 0. The zero-order valence-corrected chi connectivity index (χ0v) is 15.7. The molecule has 138 valence electrons. The Morgan fingerprint density at radius 2 is 2.00 bits per heavy atom. The quantitative estimate of drug-likeness (QED) is 0.475. The van der Waals surface area contributed by atoms with E-state index in [0.717, 1.165) is 35.2 Å². The van der Waals surface area contributed by atoms with Gasteiger partial charge in [0.2, 0.25) is 0 Å². The Kier molecular flexibility index (Phi) is 4.44. The number of benzene rings is 2. The maximum absolute atomic E-state index is 7.82. The van der Waals surface area contributed by atoms with E-state index in [4.69, 9.17) is 16.1 Å². The molecule has 0 aliphatic heterocycles. The summed E-state index contributed by atoms with van der Waals surface area (Å²) < 4.78 is 0. The van der Waals surface area contributed by atoms with Crippen LogP contribution in [0.15, 0.2) is 54.6 Å². The molecule has 0 fully saturated rings. The first-order chi connectivity index (χ1) is 13.0. The molecule has 0 bridgehead atoms. The van der Waals surface area contributed by atoms with Crippen molar-refractivity contribution in [1.82, 2.24) is 4.98 Å². The van der Waals surface area contributed by atoms with Crippen LogP contribution in [-0.2, 0) is 6.42 Å². The van der Waals surface area contributed by atoms with Crippen LogP contribution >= 0.6 is 0 Å². The first-order valence-electron chi connectivity index (χ1n) is 9.41. The summed E-state index contributed by atoms with van der Waals surface area (Å²) in [5.41, 5.74) is 10.4. The van der Waals surface area contributed by atoms with E-state index in [9.17, 15) is 0 Å². The van der Waals surface area contributed by atoms with Crippen LogP contribution in [-0.4, -0.2) is 17.0 Å².